The average Bonchev–Trinajstić information content (AvgIpc) is 2.34. The van der Waals surface area contributed by atoms with Gasteiger partial charge in [0.25, 0.3) is 0 Å². The molecule has 0 aliphatic carbocycles. The minimum atomic E-state index is -1.31. The van der Waals surface area contributed by atoms with Crippen LogP contribution in [0.2, 0.25) is 5.02 Å². The van der Waals surface area contributed by atoms with Gasteiger partial charge in [0.05, 0.1) is 15.2 Å². The van der Waals surface area contributed by atoms with Gasteiger partial charge in [-0.1, -0.05) is 24.6 Å². The van der Waals surface area contributed by atoms with Crippen LogP contribution in [0.1, 0.15) is 20.3 Å². The molecule has 0 spiro atoms. The number of carbonyl (C=O) groups excluding carboxylic acids is 1. The summed E-state index contributed by atoms with van der Waals surface area (Å²) in [6, 6.07) is 4.40. The summed E-state index contributed by atoms with van der Waals surface area (Å²) in [5.41, 5.74) is -0.844. The molecule has 0 radical (unpaired) electrons. The van der Waals surface area contributed by atoms with Crippen LogP contribution in [0.25, 0.3) is 0 Å². The van der Waals surface area contributed by atoms with Crippen molar-refractivity contribution in [3.05, 3.63) is 27.7 Å². The summed E-state index contributed by atoms with van der Waals surface area (Å²) in [7, 11) is 0. The van der Waals surface area contributed by atoms with E-state index in [0.29, 0.717) is 15.2 Å². The third-order valence-electron chi connectivity index (χ3n) is 2.77. The largest absolute Gasteiger partial charge is 0.480 e. The Bertz CT molecular complexity index is 510. The fraction of sp³-hybridized carbons (Fsp3) is 0.333. The van der Waals surface area contributed by atoms with Gasteiger partial charge >= 0.3 is 12.0 Å². The van der Waals surface area contributed by atoms with E-state index >= 15 is 0 Å². The van der Waals surface area contributed by atoms with Crippen molar-refractivity contribution in [3.63, 3.8) is 0 Å². The number of anilines is 1. The van der Waals surface area contributed by atoms with Crippen LogP contribution in [0.4, 0.5) is 10.5 Å². The number of carbonyl (C=O) groups is 2. The summed E-state index contributed by atoms with van der Waals surface area (Å²) in [6.45, 7) is 3.13. The standard InChI is InChI=1S/C12H14BrClN2O3/c1-3-12(2,10(17)18)16-11(19)15-8-6-4-5-7(14)9(8)13/h4-6H,3H2,1-2H3,(H,17,18)(H2,15,16,19). The van der Waals surface area contributed by atoms with Crippen LogP contribution < -0.4 is 10.6 Å². The van der Waals surface area contributed by atoms with Crippen LogP contribution in [0.5, 0.6) is 0 Å². The number of carboxylic acids is 1. The zero-order chi connectivity index (χ0) is 14.6. The highest BCUT2D eigenvalue weighted by molar-refractivity contribution is 9.10. The molecular formula is C12H14BrClN2O3. The Morgan fingerprint density at radius 1 is 1.47 bits per heavy atom. The Morgan fingerprint density at radius 2 is 2.11 bits per heavy atom. The van der Waals surface area contributed by atoms with Gasteiger partial charge in [-0.25, -0.2) is 9.59 Å². The van der Waals surface area contributed by atoms with Crippen LogP contribution in [0.3, 0.4) is 0 Å². The lowest BCUT2D eigenvalue weighted by atomic mass is 10.00. The van der Waals surface area contributed by atoms with E-state index in [-0.39, 0.29) is 6.42 Å². The fourth-order valence-corrected chi connectivity index (χ4v) is 1.84. The van der Waals surface area contributed by atoms with Crippen molar-refractivity contribution in [3.8, 4) is 0 Å². The monoisotopic (exact) mass is 348 g/mol. The molecule has 0 saturated carbocycles. The molecule has 1 unspecified atom stereocenters. The van der Waals surface area contributed by atoms with E-state index < -0.39 is 17.5 Å². The van der Waals surface area contributed by atoms with Gasteiger partial charge in [-0.15, -0.1) is 0 Å². The molecule has 5 nitrogen and oxygen atoms in total. The molecule has 1 aromatic carbocycles. The van der Waals surface area contributed by atoms with Crippen LogP contribution in [-0.4, -0.2) is 22.6 Å². The minimum absolute atomic E-state index is 0.270. The fourth-order valence-electron chi connectivity index (χ4n) is 1.30. The number of hydrogen-bond acceptors (Lipinski definition) is 2. The Kier molecular flexibility index (Phi) is 5.20. The van der Waals surface area contributed by atoms with Crippen LogP contribution in [-0.2, 0) is 4.79 Å². The molecule has 1 rings (SSSR count). The maximum Gasteiger partial charge on any atom is 0.329 e. The average molecular weight is 350 g/mol. The highest BCUT2D eigenvalue weighted by atomic mass is 79.9. The lowest BCUT2D eigenvalue weighted by Gasteiger charge is -2.24. The van der Waals surface area contributed by atoms with Crippen LogP contribution in [0, 0.1) is 0 Å². The number of benzene rings is 1. The van der Waals surface area contributed by atoms with Gasteiger partial charge in [0.1, 0.15) is 5.54 Å². The van der Waals surface area contributed by atoms with E-state index in [1.54, 1.807) is 25.1 Å². The number of rotatable bonds is 4. The Balaban J connectivity index is 2.81. The normalized spacial score (nSPS) is 13.5. The van der Waals surface area contributed by atoms with Gasteiger partial charge in [-0.3, -0.25) is 0 Å². The van der Waals surface area contributed by atoms with E-state index in [1.165, 1.54) is 6.92 Å². The number of hydrogen-bond donors (Lipinski definition) is 3. The van der Waals surface area contributed by atoms with Crippen molar-refractivity contribution in [1.29, 1.82) is 0 Å². The van der Waals surface area contributed by atoms with Gasteiger partial charge in [-0.2, -0.15) is 0 Å². The summed E-state index contributed by atoms with van der Waals surface area (Å²) in [4.78, 5) is 22.9. The molecule has 0 aliphatic heterocycles. The zero-order valence-corrected chi connectivity index (χ0v) is 12.8. The zero-order valence-electron chi connectivity index (χ0n) is 10.5. The first-order chi connectivity index (χ1) is 8.80. The third-order valence-corrected chi connectivity index (χ3v) is 4.17. The molecule has 19 heavy (non-hydrogen) atoms. The molecule has 104 valence electrons. The molecule has 2 amide bonds. The Labute approximate surface area is 124 Å². The lowest BCUT2D eigenvalue weighted by molar-refractivity contribution is -0.143. The predicted molar refractivity (Wildman–Crippen MR) is 77.6 cm³/mol. The van der Waals surface area contributed by atoms with Crippen molar-refractivity contribution in [2.75, 3.05) is 5.32 Å². The van der Waals surface area contributed by atoms with Crippen molar-refractivity contribution in [2.24, 2.45) is 0 Å². The smallest absolute Gasteiger partial charge is 0.329 e. The first-order valence-corrected chi connectivity index (χ1v) is 6.74. The van der Waals surface area contributed by atoms with Gasteiger partial charge < -0.3 is 15.7 Å². The summed E-state index contributed by atoms with van der Waals surface area (Å²) in [5, 5.41) is 14.5. The summed E-state index contributed by atoms with van der Waals surface area (Å²) >= 11 is 9.14. The van der Waals surface area contributed by atoms with Gasteiger partial charge in [-0.05, 0) is 41.4 Å². The van der Waals surface area contributed by atoms with Crippen LogP contribution >= 0.6 is 27.5 Å². The number of aliphatic carboxylic acids is 1. The number of urea groups is 1. The molecule has 0 aromatic heterocycles. The highest BCUT2D eigenvalue weighted by Crippen LogP contribution is 2.30. The first kappa shape index (κ1) is 15.8. The third kappa shape index (κ3) is 3.84. The quantitative estimate of drug-likeness (QED) is 0.778. The van der Waals surface area contributed by atoms with Gasteiger partial charge in [0.15, 0.2) is 0 Å². The summed E-state index contributed by atoms with van der Waals surface area (Å²) in [5.74, 6) is -1.09. The number of carboxylic acid groups (broad SMARTS) is 1. The Morgan fingerprint density at radius 3 is 2.63 bits per heavy atom. The van der Waals surface area contributed by atoms with Gasteiger partial charge in [0.2, 0.25) is 0 Å². The van der Waals surface area contributed by atoms with Crippen molar-refractivity contribution in [1.82, 2.24) is 5.32 Å². The highest BCUT2D eigenvalue weighted by Gasteiger charge is 2.32. The molecule has 0 bridgehead atoms. The second-order valence-electron chi connectivity index (χ2n) is 4.17. The summed E-state index contributed by atoms with van der Waals surface area (Å²) < 4.78 is 0.542. The molecule has 0 fully saturated rings. The molecule has 1 atom stereocenters. The second-order valence-corrected chi connectivity index (χ2v) is 5.37. The second kappa shape index (κ2) is 6.25. The van der Waals surface area contributed by atoms with E-state index in [9.17, 15) is 9.59 Å². The van der Waals surface area contributed by atoms with E-state index in [1.807, 2.05) is 0 Å². The molecule has 0 aliphatic rings. The van der Waals surface area contributed by atoms with Crippen molar-refractivity contribution < 1.29 is 14.7 Å². The lowest BCUT2D eigenvalue weighted by Crippen LogP contribution is -2.53. The number of halogens is 2. The summed E-state index contributed by atoms with van der Waals surface area (Å²) in [6.07, 6.45) is 0.270. The molecule has 7 heteroatoms. The van der Waals surface area contributed by atoms with Crippen molar-refractivity contribution in [2.45, 2.75) is 25.8 Å². The number of amides is 2. The Hall–Kier alpha value is -1.27. The SMILES string of the molecule is CCC(C)(NC(=O)Nc1cccc(Cl)c1Br)C(=O)O. The van der Waals surface area contributed by atoms with E-state index in [4.69, 9.17) is 16.7 Å². The molecular weight excluding hydrogens is 336 g/mol. The van der Waals surface area contributed by atoms with Crippen molar-refractivity contribution >= 4 is 45.2 Å². The predicted octanol–water partition coefficient (Wildman–Crippen LogP) is 3.48. The van der Waals surface area contributed by atoms with E-state index in [2.05, 4.69) is 26.6 Å². The molecule has 0 saturated heterocycles. The molecule has 0 heterocycles. The maximum absolute atomic E-state index is 11.8. The topological polar surface area (TPSA) is 78.4 Å². The molecule has 1 aromatic rings. The maximum atomic E-state index is 11.8. The minimum Gasteiger partial charge on any atom is -0.480 e. The molecule has 3 N–H and O–H groups in total. The van der Waals surface area contributed by atoms with Gasteiger partial charge in [0, 0.05) is 0 Å². The first-order valence-electron chi connectivity index (χ1n) is 5.56. The van der Waals surface area contributed by atoms with Crippen LogP contribution in [0.15, 0.2) is 22.7 Å². The number of nitrogens with one attached hydrogen (secondary N) is 2. The van der Waals surface area contributed by atoms with E-state index in [0.717, 1.165) is 0 Å².